The Morgan fingerprint density at radius 2 is 2.21 bits per heavy atom. The molecule has 0 aromatic carbocycles. The molecule has 0 amide bonds. The number of halogens is 3. The second kappa shape index (κ2) is 8.26. The molecule has 0 aliphatic heterocycles. The molecular formula is C12H19BrF2N2OS. The molecule has 0 spiro atoms. The normalized spacial score (nSPS) is 15.2. The molecule has 3 nitrogen and oxygen atoms in total. The Hall–Kier alpha value is -0.0800. The third-order valence-corrected chi connectivity index (χ3v) is 4.67. The summed E-state index contributed by atoms with van der Waals surface area (Å²) >= 11 is 4.85. The summed E-state index contributed by atoms with van der Waals surface area (Å²) in [5.74, 6) is 0. The molecule has 0 radical (unpaired) electrons. The van der Waals surface area contributed by atoms with Crippen LogP contribution in [0.1, 0.15) is 24.3 Å². The molecule has 0 aliphatic rings. The summed E-state index contributed by atoms with van der Waals surface area (Å²) in [6, 6.07) is 1.37. The number of rotatable bonds is 8. The lowest BCUT2D eigenvalue weighted by Gasteiger charge is -2.34. The highest BCUT2D eigenvalue weighted by molar-refractivity contribution is 9.10. The van der Waals surface area contributed by atoms with Gasteiger partial charge in [-0.05, 0) is 28.4 Å². The Bertz CT molecular complexity index is 378. The van der Waals surface area contributed by atoms with Gasteiger partial charge in [-0.1, -0.05) is 6.92 Å². The van der Waals surface area contributed by atoms with Crippen LogP contribution in [0.2, 0.25) is 0 Å². The zero-order chi connectivity index (χ0) is 14.4. The van der Waals surface area contributed by atoms with Gasteiger partial charge in [-0.2, -0.15) is 0 Å². The van der Waals surface area contributed by atoms with E-state index < -0.39 is 6.43 Å². The van der Waals surface area contributed by atoms with E-state index in [1.807, 2.05) is 18.4 Å². The van der Waals surface area contributed by atoms with Gasteiger partial charge in [0.1, 0.15) is 0 Å². The van der Waals surface area contributed by atoms with E-state index in [9.17, 15) is 8.78 Å². The van der Waals surface area contributed by atoms with E-state index in [1.165, 1.54) is 11.3 Å². The van der Waals surface area contributed by atoms with Crippen molar-refractivity contribution in [1.82, 2.24) is 4.90 Å². The molecule has 1 rings (SSSR count). The highest BCUT2D eigenvalue weighted by Gasteiger charge is 2.28. The Kier molecular flexibility index (Phi) is 7.38. The average molecular weight is 357 g/mol. The number of alkyl halides is 2. The summed E-state index contributed by atoms with van der Waals surface area (Å²) in [7, 11) is 0. The molecule has 1 heterocycles. The van der Waals surface area contributed by atoms with Gasteiger partial charge in [0.05, 0.1) is 19.2 Å². The summed E-state index contributed by atoms with van der Waals surface area (Å²) < 4.78 is 26.3. The lowest BCUT2D eigenvalue weighted by atomic mass is 10.0. The molecular weight excluding hydrogens is 338 g/mol. The lowest BCUT2D eigenvalue weighted by Crippen LogP contribution is -2.43. The maximum atomic E-state index is 12.7. The predicted octanol–water partition coefficient (Wildman–Crippen LogP) is 2.85. The Balaban J connectivity index is 2.98. The van der Waals surface area contributed by atoms with E-state index in [1.54, 1.807) is 4.90 Å². The number of aliphatic hydroxyl groups excluding tert-OH is 1. The highest BCUT2D eigenvalue weighted by atomic mass is 79.9. The van der Waals surface area contributed by atoms with Gasteiger partial charge in [-0.3, -0.25) is 4.90 Å². The predicted molar refractivity (Wildman–Crippen MR) is 77.7 cm³/mol. The van der Waals surface area contributed by atoms with Crippen molar-refractivity contribution < 1.29 is 13.9 Å². The minimum Gasteiger partial charge on any atom is -0.395 e. The number of nitrogens with zero attached hydrogens (tertiary/aromatic N) is 1. The number of aliphatic hydroxyl groups is 1. The van der Waals surface area contributed by atoms with E-state index in [4.69, 9.17) is 10.8 Å². The summed E-state index contributed by atoms with van der Waals surface area (Å²) in [6.45, 7) is 1.58. The monoisotopic (exact) mass is 356 g/mol. The average Bonchev–Trinajstić information content (AvgIpc) is 2.75. The van der Waals surface area contributed by atoms with Crippen LogP contribution in [0.5, 0.6) is 0 Å². The van der Waals surface area contributed by atoms with Crippen molar-refractivity contribution in [2.75, 3.05) is 19.7 Å². The first kappa shape index (κ1) is 17.0. The van der Waals surface area contributed by atoms with Crippen molar-refractivity contribution >= 4 is 27.3 Å². The van der Waals surface area contributed by atoms with E-state index in [0.717, 1.165) is 9.35 Å². The molecule has 0 bridgehead atoms. The van der Waals surface area contributed by atoms with Gasteiger partial charge in [-0.25, -0.2) is 8.78 Å². The molecule has 0 saturated carbocycles. The number of nitrogens with two attached hydrogens (primary N) is 1. The third kappa shape index (κ3) is 5.07. The third-order valence-electron chi connectivity index (χ3n) is 2.91. The van der Waals surface area contributed by atoms with Crippen LogP contribution in [0.15, 0.2) is 15.9 Å². The van der Waals surface area contributed by atoms with Gasteiger partial charge in [0.15, 0.2) is 0 Å². The first-order chi connectivity index (χ1) is 8.99. The van der Waals surface area contributed by atoms with Gasteiger partial charge in [-0.15, -0.1) is 11.3 Å². The smallest absolute Gasteiger partial charge is 0.251 e. The fraction of sp³-hybridized carbons (Fsp3) is 0.667. The minimum absolute atomic E-state index is 0.161. The van der Waals surface area contributed by atoms with Crippen LogP contribution >= 0.6 is 27.3 Å². The Morgan fingerprint density at radius 3 is 2.63 bits per heavy atom. The molecule has 7 heteroatoms. The SMILES string of the molecule is CCC(N)C(c1cc(Br)cs1)N(CCO)CC(F)F. The van der Waals surface area contributed by atoms with Crippen LogP contribution in [-0.4, -0.2) is 42.2 Å². The summed E-state index contributed by atoms with van der Waals surface area (Å²) in [6.07, 6.45) is -1.76. The zero-order valence-electron chi connectivity index (χ0n) is 10.7. The highest BCUT2D eigenvalue weighted by Crippen LogP contribution is 2.32. The maximum Gasteiger partial charge on any atom is 0.251 e. The number of hydrogen-bond acceptors (Lipinski definition) is 4. The summed E-state index contributed by atoms with van der Waals surface area (Å²) in [4.78, 5) is 2.51. The minimum atomic E-state index is -2.44. The van der Waals surface area contributed by atoms with E-state index >= 15 is 0 Å². The molecule has 3 N–H and O–H groups in total. The van der Waals surface area contributed by atoms with Crippen molar-refractivity contribution in [3.63, 3.8) is 0 Å². The quantitative estimate of drug-likeness (QED) is 0.752. The second-order valence-electron chi connectivity index (χ2n) is 4.29. The van der Waals surface area contributed by atoms with Crippen LogP contribution in [-0.2, 0) is 0 Å². The first-order valence-electron chi connectivity index (χ1n) is 6.12. The van der Waals surface area contributed by atoms with Gasteiger partial charge in [0.2, 0.25) is 0 Å². The standard InChI is InChI=1S/C12H19BrF2N2OS/c1-2-9(16)12(10-5-8(13)7-19-10)17(3-4-18)6-11(14)15/h5,7,9,11-12,18H,2-4,6,16H2,1H3. The molecule has 110 valence electrons. The fourth-order valence-corrected chi connectivity index (χ4v) is 3.67. The topological polar surface area (TPSA) is 49.5 Å². The molecule has 1 aromatic heterocycles. The number of hydrogen-bond donors (Lipinski definition) is 2. The number of thiophene rings is 1. The first-order valence-corrected chi connectivity index (χ1v) is 7.79. The molecule has 1 aromatic rings. The maximum absolute atomic E-state index is 12.7. The van der Waals surface area contributed by atoms with Gasteiger partial charge in [0.25, 0.3) is 6.43 Å². The van der Waals surface area contributed by atoms with Gasteiger partial charge >= 0.3 is 0 Å². The van der Waals surface area contributed by atoms with Crippen molar-refractivity contribution in [2.24, 2.45) is 5.73 Å². The van der Waals surface area contributed by atoms with Crippen LogP contribution in [0, 0.1) is 0 Å². The van der Waals surface area contributed by atoms with Gasteiger partial charge in [0, 0.05) is 27.3 Å². The van der Waals surface area contributed by atoms with Crippen molar-refractivity contribution in [1.29, 1.82) is 0 Å². The van der Waals surface area contributed by atoms with E-state index in [-0.39, 0.29) is 31.8 Å². The van der Waals surface area contributed by atoms with Crippen LogP contribution in [0.4, 0.5) is 8.78 Å². The molecule has 0 aliphatic carbocycles. The van der Waals surface area contributed by atoms with Gasteiger partial charge < -0.3 is 10.8 Å². The van der Waals surface area contributed by atoms with Crippen LogP contribution in [0.25, 0.3) is 0 Å². The largest absolute Gasteiger partial charge is 0.395 e. The molecule has 2 atom stereocenters. The van der Waals surface area contributed by atoms with Crippen molar-refractivity contribution in [2.45, 2.75) is 31.9 Å². The zero-order valence-corrected chi connectivity index (χ0v) is 13.1. The summed E-state index contributed by atoms with van der Waals surface area (Å²) in [5.41, 5.74) is 6.09. The van der Waals surface area contributed by atoms with Crippen molar-refractivity contribution in [3.05, 3.63) is 20.8 Å². The second-order valence-corrected chi connectivity index (χ2v) is 6.15. The molecule has 19 heavy (non-hydrogen) atoms. The summed E-state index contributed by atoms with van der Waals surface area (Å²) in [5, 5.41) is 11.0. The Morgan fingerprint density at radius 1 is 1.53 bits per heavy atom. The van der Waals surface area contributed by atoms with E-state index in [2.05, 4.69) is 15.9 Å². The van der Waals surface area contributed by atoms with E-state index in [0.29, 0.717) is 6.42 Å². The molecule has 0 saturated heterocycles. The lowest BCUT2D eigenvalue weighted by molar-refractivity contribution is 0.0476. The van der Waals surface area contributed by atoms with Crippen LogP contribution < -0.4 is 5.73 Å². The Labute approximate surface area is 124 Å². The van der Waals surface area contributed by atoms with Crippen LogP contribution in [0.3, 0.4) is 0 Å². The fourth-order valence-electron chi connectivity index (χ4n) is 2.02. The molecule has 2 unspecified atom stereocenters. The van der Waals surface area contributed by atoms with Crippen molar-refractivity contribution in [3.8, 4) is 0 Å². The molecule has 0 fully saturated rings.